The number of hydrogen-bond acceptors (Lipinski definition) is 4. The van der Waals surface area contributed by atoms with Crippen molar-refractivity contribution in [3.8, 4) is 0 Å². The molecular formula is C14H22N3OP. The van der Waals surface area contributed by atoms with Crippen LogP contribution in [-0.4, -0.2) is 37.2 Å². The lowest BCUT2D eigenvalue weighted by Gasteiger charge is -2.30. The lowest BCUT2D eigenvalue weighted by atomic mass is 10.1. The molecule has 0 aromatic heterocycles. The molecule has 1 aromatic carbocycles. The van der Waals surface area contributed by atoms with Crippen molar-refractivity contribution in [2.24, 2.45) is 0 Å². The molecule has 0 bridgehead atoms. The summed E-state index contributed by atoms with van der Waals surface area (Å²) >= 11 is 0. The molecule has 104 valence electrons. The smallest absolute Gasteiger partial charge is 0.0713 e. The Labute approximate surface area is 116 Å². The van der Waals surface area contributed by atoms with Gasteiger partial charge in [0.05, 0.1) is 18.0 Å². The van der Waals surface area contributed by atoms with Crippen LogP contribution >= 0.6 is 8.35 Å². The highest BCUT2D eigenvalue weighted by atomic mass is 31.1. The fourth-order valence-corrected chi connectivity index (χ4v) is 2.89. The molecule has 19 heavy (non-hydrogen) atoms. The zero-order chi connectivity index (χ0) is 13.7. The summed E-state index contributed by atoms with van der Waals surface area (Å²) in [7, 11) is 2.82. The standard InChI is InChI=1S/C14H22N3OP/c1-18-10-11-3-4-14(13(15)9-11)16-12-5-7-17(19-2)8-6-12/h3-4,9,12,16H,2,5-8,10,15H2,1H3. The molecule has 1 fully saturated rings. The third-order valence-electron chi connectivity index (χ3n) is 3.46. The zero-order valence-electron chi connectivity index (χ0n) is 11.4. The minimum Gasteiger partial charge on any atom is -0.397 e. The molecule has 0 atom stereocenters. The predicted molar refractivity (Wildman–Crippen MR) is 83.8 cm³/mol. The molecule has 1 aliphatic heterocycles. The minimum atomic E-state index is 0.508. The van der Waals surface area contributed by atoms with Crippen LogP contribution in [-0.2, 0) is 11.3 Å². The Morgan fingerprint density at radius 2 is 2.21 bits per heavy atom. The van der Waals surface area contributed by atoms with Crippen LogP contribution < -0.4 is 11.1 Å². The van der Waals surface area contributed by atoms with Gasteiger partial charge in [0.2, 0.25) is 0 Å². The maximum atomic E-state index is 6.08. The fourth-order valence-electron chi connectivity index (χ4n) is 2.37. The van der Waals surface area contributed by atoms with Crippen LogP contribution in [0.15, 0.2) is 18.2 Å². The van der Waals surface area contributed by atoms with Crippen molar-refractivity contribution in [3.05, 3.63) is 23.8 Å². The SMILES string of the molecule is C=PN1CCC(Nc2ccc(COC)cc2N)CC1. The van der Waals surface area contributed by atoms with E-state index >= 15 is 0 Å². The lowest BCUT2D eigenvalue weighted by Crippen LogP contribution is -2.34. The molecule has 5 heteroatoms. The molecule has 0 unspecified atom stereocenters. The molecule has 1 heterocycles. The number of benzene rings is 1. The third kappa shape index (κ3) is 3.93. The second kappa shape index (κ2) is 6.90. The molecule has 1 aromatic rings. The van der Waals surface area contributed by atoms with Crippen LogP contribution in [0, 0.1) is 0 Å². The molecule has 0 radical (unpaired) electrons. The number of nitrogen functional groups attached to an aromatic ring is 1. The van der Waals surface area contributed by atoms with Crippen LogP contribution in [0.25, 0.3) is 0 Å². The number of nitrogens with one attached hydrogen (secondary N) is 1. The van der Waals surface area contributed by atoms with Gasteiger partial charge < -0.3 is 15.8 Å². The molecule has 0 aliphatic carbocycles. The van der Waals surface area contributed by atoms with Gasteiger partial charge in [-0.2, -0.15) is 0 Å². The van der Waals surface area contributed by atoms with Crippen molar-refractivity contribution in [2.45, 2.75) is 25.5 Å². The molecule has 4 nitrogen and oxygen atoms in total. The van der Waals surface area contributed by atoms with Gasteiger partial charge in [-0.1, -0.05) is 12.4 Å². The summed E-state index contributed by atoms with van der Waals surface area (Å²) in [6, 6.07) is 6.60. The molecule has 2 rings (SSSR count). The van der Waals surface area contributed by atoms with Crippen LogP contribution in [0.5, 0.6) is 0 Å². The molecule has 0 spiro atoms. The van der Waals surface area contributed by atoms with Crippen LogP contribution in [0.3, 0.4) is 0 Å². The Hall–Kier alpha value is -1.09. The van der Waals surface area contributed by atoms with E-state index in [0.717, 1.165) is 51.2 Å². The summed E-state index contributed by atoms with van der Waals surface area (Å²) in [6.45, 7) is 2.81. The maximum Gasteiger partial charge on any atom is 0.0713 e. The van der Waals surface area contributed by atoms with Crippen molar-refractivity contribution in [2.75, 3.05) is 31.2 Å². The van der Waals surface area contributed by atoms with Crippen molar-refractivity contribution < 1.29 is 4.74 Å². The van der Waals surface area contributed by atoms with E-state index in [2.05, 4.69) is 28.4 Å². The van der Waals surface area contributed by atoms with E-state index in [1.165, 1.54) is 0 Å². The van der Waals surface area contributed by atoms with Crippen molar-refractivity contribution in [1.29, 1.82) is 0 Å². The average molecular weight is 279 g/mol. The second-order valence-electron chi connectivity index (χ2n) is 4.87. The highest BCUT2D eigenvalue weighted by molar-refractivity contribution is 7.33. The normalized spacial score (nSPS) is 17.7. The molecular weight excluding hydrogens is 257 g/mol. The molecule has 1 aliphatic rings. The van der Waals surface area contributed by atoms with Gasteiger partial charge in [0.25, 0.3) is 0 Å². The maximum absolute atomic E-state index is 6.08. The highest BCUT2D eigenvalue weighted by Crippen LogP contribution is 2.25. The molecule has 3 N–H and O–H groups in total. The fraction of sp³-hybridized carbons (Fsp3) is 0.500. The first-order valence-corrected chi connectivity index (χ1v) is 7.61. The minimum absolute atomic E-state index is 0.508. The number of ether oxygens (including phenoxy) is 1. The first kappa shape index (κ1) is 14.3. The predicted octanol–water partition coefficient (Wildman–Crippen LogP) is 2.58. The number of hydrogen-bond donors (Lipinski definition) is 2. The summed E-state index contributed by atoms with van der Waals surface area (Å²) in [5.41, 5.74) is 9.02. The van der Waals surface area contributed by atoms with Crippen molar-refractivity contribution in [3.63, 3.8) is 0 Å². The van der Waals surface area contributed by atoms with Gasteiger partial charge in [-0.05, 0) is 38.9 Å². The second-order valence-corrected chi connectivity index (χ2v) is 5.72. The Morgan fingerprint density at radius 1 is 1.47 bits per heavy atom. The van der Waals surface area contributed by atoms with E-state index in [0.29, 0.717) is 12.6 Å². The Kier molecular flexibility index (Phi) is 5.20. The van der Waals surface area contributed by atoms with Crippen molar-refractivity contribution >= 4 is 26.0 Å². The van der Waals surface area contributed by atoms with Crippen LogP contribution in [0.2, 0.25) is 0 Å². The summed E-state index contributed by atoms with van der Waals surface area (Å²) in [5.74, 6) is 0. The van der Waals surface area contributed by atoms with E-state index in [4.69, 9.17) is 10.5 Å². The summed E-state index contributed by atoms with van der Waals surface area (Å²) < 4.78 is 7.46. The van der Waals surface area contributed by atoms with E-state index in [9.17, 15) is 0 Å². The summed E-state index contributed by atoms with van der Waals surface area (Å²) in [4.78, 5) is 0. The van der Waals surface area contributed by atoms with E-state index in [1.807, 2.05) is 6.07 Å². The van der Waals surface area contributed by atoms with E-state index in [1.54, 1.807) is 7.11 Å². The first-order chi connectivity index (χ1) is 9.22. The van der Waals surface area contributed by atoms with Gasteiger partial charge in [-0.15, -0.1) is 0 Å². The van der Waals surface area contributed by atoms with Gasteiger partial charge in [-0.25, -0.2) is 0 Å². The van der Waals surface area contributed by atoms with Crippen LogP contribution in [0.1, 0.15) is 18.4 Å². The van der Waals surface area contributed by atoms with Crippen LogP contribution in [0.4, 0.5) is 11.4 Å². The quantitative estimate of drug-likeness (QED) is 0.642. The Morgan fingerprint density at radius 3 is 2.79 bits per heavy atom. The topological polar surface area (TPSA) is 50.5 Å². The average Bonchev–Trinajstić information content (AvgIpc) is 2.43. The first-order valence-electron chi connectivity index (χ1n) is 6.58. The summed E-state index contributed by atoms with van der Waals surface area (Å²) in [6.07, 6.45) is 6.19. The number of rotatable bonds is 5. The number of piperidine rings is 1. The highest BCUT2D eigenvalue weighted by Gasteiger charge is 2.18. The molecule has 0 saturated carbocycles. The molecule has 0 amide bonds. The third-order valence-corrected chi connectivity index (χ3v) is 4.26. The van der Waals surface area contributed by atoms with Gasteiger partial charge in [0.15, 0.2) is 0 Å². The Bertz CT molecular complexity index is 431. The zero-order valence-corrected chi connectivity index (χ0v) is 12.3. The van der Waals surface area contributed by atoms with Crippen molar-refractivity contribution in [1.82, 2.24) is 4.67 Å². The monoisotopic (exact) mass is 279 g/mol. The number of anilines is 2. The van der Waals surface area contributed by atoms with Gasteiger partial charge in [0.1, 0.15) is 0 Å². The van der Waals surface area contributed by atoms with Gasteiger partial charge >= 0.3 is 0 Å². The van der Waals surface area contributed by atoms with E-state index in [-0.39, 0.29) is 0 Å². The molecule has 1 saturated heterocycles. The van der Waals surface area contributed by atoms with Gasteiger partial charge in [0, 0.05) is 26.2 Å². The van der Waals surface area contributed by atoms with Gasteiger partial charge in [-0.3, -0.25) is 4.67 Å². The van der Waals surface area contributed by atoms with E-state index < -0.39 is 0 Å². The Balaban J connectivity index is 1.94. The number of nitrogens with two attached hydrogens (primary N) is 1. The lowest BCUT2D eigenvalue weighted by molar-refractivity contribution is 0.185. The summed E-state index contributed by atoms with van der Waals surface area (Å²) in [5, 5.41) is 3.55. The number of methoxy groups -OCH3 is 1. The number of nitrogens with zero attached hydrogens (tertiary/aromatic N) is 1. The largest absolute Gasteiger partial charge is 0.397 e.